The van der Waals surface area contributed by atoms with E-state index in [4.69, 9.17) is 9.47 Å². The molecule has 0 unspecified atom stereocenters. The molecule has 1 fully saturated rings. The molecule has 2 aromatic carbocycles. The molecule has 1 aliphatic carbocycles. The summed E-state index contributed by atoms with van der Waals surface area (Å²) in [6.07, 6.45) is 8.44. The van der Waals surface area contributed by atoms with E-state index in [2.05, 4.69) is 31.5 Å². The second kappa shape index (κ2) is 11.2. The SMILES string of the molecule is COc1cc2cc([C@@H](c3nnnn3C3CCCCC3)N3CC=C(c4ccc(F)cc4)CC3)c(=O)[nH]c2cc1OC. The predicted molar refractivity (Wildman–Crippen MR) is 150 cm³/mol. The number of aromatic nitrogens is 5. The molecule has 0 spiro atoms. The highest BCUT2D eigenvalue weighted by Gasteiger charge is 2.33. The minimum Gasteiger partial charge on any atom is -0.493 e. The van der Waals surface area contributed by atoms with E-state index in [1.807, 2.05) is 28.9 Å². The van der Waals surface area contributed by atoms with Gasteiger partial charge in [0.2, 0.25) is 0 Å². The number of nitrogens with one attached hydrogen (secondary N) is 1. The first kappa shape index (κ1) is 26.2. The highest BCUT2D eigenvalue weighted by Crippen LogP contribution is 2.36. The van der Waals surface area contributed by atoms with Crippen LogP contribution in [0.25, 0.3) is 16.5 Å². The second-order valence-corrected chi connectivity index (χ2v) is 10.5. The quantitative estimate of drug-likeness (QED) is 0.348. The molecule has 0 bridgehead atoms. The van der Waals surface area contributed by atoms with E-state index in [0.717, 1.165) is 48.6 Å². The topological polar surface area (TPSA) is 98.2 Å². The Hall–Kier alpha value is -4.05. The normalized spacial score (nSPS) is 17.5. The summed E-state index contributed by atoms with van der Waals surface area (Å²) in [6.45, 7) is 1.28. The van der Waals surface area contributed by atoms with E-state index in [-0.39, 0.29) is 17.4 Å². The number of halogens is 1. The fourth-order valence-electron chi connectivity index (χ4n) is 6.06. The molecule has 9 nitrogen and oxygen atoms in total. The summed E-state index contributed by atoms with van der Waals surface area (Å²) < 4.78 is 26.4. The lowest BCUT2D eigenvalue weighted by Gasteiger charge is -2.34. The van der Waals surface area contributed by atoms with Crippen LogP contribution in [0.3, 0.4) is 0 Å². The zero-order chi connectivity index (χ0) is 27.6. The molecule has 40 heavy (non-hydrogen) atoms. The van der Waals surface area contributed by atoms with Crippen LogP contribution in [0.2, 0.25) is 0 Å². The van der Waals surface area contributed by atoms with Crippen molar-refractivity contribution in [2.45, 2.75) is 50.6 Å². The summed E-state index contributed by atoms with van der Waals surface area (Å²) in [5.74, 6) is 1.56. The number of rotatable bonds is 7. The third-order valence-corrected chi connectivity index (χ3v) is 8.18. The summed E-state index contributed by atoms with van der Waals surface area (Å²) >= 11 is 0. The molecule has 3 heterocycles. The van der Waals surface area contributed by atoms with Gasteiger partial charge in [-0.1, -0.05) is 37.5 Å². The van der Waals surface area contributed by atoms with E-state index in [1.165, 1.54) is 18.6 Å². The van der Waals surface area contributed by atoms with Gasteiger partial charge < -0.3 is 14.5 Å². The lowest BCUT2D eigenvalue weighted by atomic mass is 9.94. The van der Waals surface area contributed by atoms with E-state index in [0.29, 0.717) is 41.5 Å². The van der Waals surface area contributed by atoms with E-state index in [1.54, 1.807) is 20.3 Å². The zero-order valence-electron chi connectivity index (χ0n) is 22.8. The highest BCUT2D eigenvalue weighted by molar-refractivity contribution is 5.83. The van der Waals surface area contributed by atoms with Crippen LogP contribution in [0.5, 0.6) is 11.5 Å². The second-order valence-electron chi connectivity index (χ2n) is 10.5. The van der Waals surface area contributed by atoms with Crippen LogP contribution in [0.1, 0.15) is 67.6 Å². The fourth-order valence-corrected chi connectivity index (χ4v) is 6.06. The number of hydrogen-bond acceptors (Lipinski definition) is 7. The minimum atomic E-state index is -0.454. The molecule has 0 radical (unpaired) electrons. The standard InChI is InChI=1S/C30H33FN6O3/c1-39-26-17-21-16-24(30(38)32-25(21)18-27(26)40-2)28(29-33-34-35-37(29)23-6-4-3-5-7-23)36-14-12-20(13-15-36)19-8-10-22(31)11-9-19/h8-12,16-18,23,28H,3-7,13-15H2,1-2H3,(H,32,38)/t28-/m0/s1. The van der Waals surface area contributed by atoms with Crippen LogP contribution in [-0.4, -0.2) is 57.4 Å². The van der Waals surface area contributed by atoms with Gasteiger partial charge in [-0.05, 0) is 65.1 Å². The first-order valence-corrected chi connectivity index (χ1v) is 13.8. The summed E-state index contributed by atoms with van der Waals surface area (Å²) in [4.78, 5) is 19.0. The van der Waals surface area contributed by atoms with Crippen molar-refractivity contribution < 1.29 is 13.9 Å². The van der Waals surface area contributed by atoms with Crippen molar-refractivity contribution >= 4 is 16.5 Å². The lowest BCUT2D eigenvalue weighted by Crippen LogP contribution is -2.38. The first-order valence-electron chi connectivity index (χ1n) is 13.8. The molecular formula is C30H33FN6O3. The maximum absolute atomic E-state index is 13.7. The highest BCUT2D eigenvalue weighted by atomic mass is 19.1. The van der Waals surface area contributed by atoms with Gasteiger partial charge in [-0.25, -0.2) is 9.07 Å². The van der Waals surface area contributed by atoms with Crippen LogP contribution in [-0.2, 0) is 0 Å². The van der Waals surface area contributed by atoms with Gasteiger partial charge in [0, 0.05) is 30.1 Å². The Labute approximate surface area is 231 Å². The number of fused-ring (bicyclic) bond motifs is 1. The van der Waals surface area contributed by atoms with Crippen molar-refractivity contribution in [3.05, 3.63) is 81.7 Å². The summed E-state index contributed by atoms with van der Waals surface area (Å²) in [5, 5.41) is 13.9. The van der Waals surface area contributed by atoms with Gasteiger partial charge in [-0.3, -0.25) is 9.69 Å². The van der Waals surface area contributed by atoms with Crippen molar-refractivity contribution in [1.82, 2.24) is 30.1 Å². The Kier molecular flexibility index (Phi) is 7.34. The molecular weight excluding hydrogens is 511 g/mol. The van der Waals surface area contributed by atoms with Crippen molar-refractivity contribution in [3.8, 4) is 11.5 Å². The van der Waals surface area contributed by atoms with Gasteiger partial charge in [-0.15, -0.1) is 5.10 Å². The van der Waals surface area contributed by atoms with E-state index < -0.39 is 6.04 Å². The Morgan fingerprint density at radius 3 is 2.48 bits per heavy atom. The lowest BCUT2D eigenvalue weighted by molar-refractivity contribution is 0.221. The van der Waals surface area contributed by atoms with Crippen LogP contribution in [0.4, 0.5) is 4.39 Å². The van der Waals surface area contributed by atoms with Crippen molar-refractivity contribution in [2.24, 2.45) is 0 Å². The Morgan fingerprint density at radius 2 is 1.77 bits per heavy atom. The Morgan fingerprint density at radius 1 is 1.02 bits per heavy atom. The van der Waals surface area contributed by atoms with Gasteiger partial charge in [0.05, 0.1) is 25.8 Å². The zero-order valence-corrected chi connectivity index (χ0v) is 22.8. The monoisotopic (exact) mass is 544 g/mol. The van der Waals surface area contributed by atoms with Crippen LogP contribution in [0.15, 0.2) is 53.3 Å². The molecule has 0 saturated heterocycles. The molecule has 2 aromatic heterocycles. The third-order valence-electron chi connectivity index (χ3n) is 8.18. The molecule has 208 valence electrons. The minimum absolute atomic E-state index is 0.198. The average molecular weight is 545 g/mol. The number of nitrogens with zero attached hydrogens (tertiary/aromatic N) is 5. The summed E-state index contributed by atoms with van der Waals surface area (Å²) in [5.41, 5.74) is 3.20. The summed E-state index contributed by atoms with van der Waals surface area (Å²) in [6, 6.07) is 11.9. The molecule has 6 rings (SSSR count). The maximum atomic E-state index is 13.7. The number of methoxy groups -OCH3 is 2. The summed E-state index contributed by atoms with van der Waals surface area (Å²) in [7, 11) is 3.16. The number of hydrogen-bond donors (Lipinski definition) is 1. The average Bonchev–Trinajstić information content (AvgIpc) is 3.47. The molecule has 10 heteroatoms. The molecule has 1 aliphatic heterocycles. The smallest absolute Gasteiger partial charge is 0.253 e. The predicted octanol–water partition coefficient (Wildman–Crippen LogP) is 5.05. The molecule has 1 N–H and O–H groups in total. The Bertz CT molecular complexity index is 1590. The first-order chi connectivity index (χ1) is 19.6. The molecule has 2 aliphatic rings. The number of benzene rings is 2. The van der Waals surface area contributed by atoms with Gasteiger partial charge in [-0.2, -0.15) is 0 Å². The number of tetrazole rings is 1. The number of aromatic amines is 1. The van der Waals surface area contributed by atoms with Crippen LogP contribution < -0.4 is 15.0 Å². The number of H-pyrrole nitrogens is 1. The third kappa shape index (κ3) is 4.99. The number of ether oxygens (including phenoxy) is 2. The molecule has 0 amide bonds. The van der Waals surface area contributed by atoms with Crippen molar-refractivity contribution in [3.63, 3.8) is 0 Å². The van der Waals surface area contributed by atoms with Crippen molar-refractivity contribution in [2.75, 3.05) is 27.3 Å². The number of pyridine rings is 1. The van der Waals surface area contributed by atoms with Crippen molar-refractivity contribution in [1.29, 1.82) is 0 Å². The van der Waals surface area contributed by atoms with E-state index in [9.17, 15) is 9.18 Å². The van der Waals surface area contributed by atoms with Gasteiger partial charge in [0.15, 0.2) is 17.3 Å². The maximum Gasteiger partial charge on any atom is 0.253 e. The van der Waals surface area contributed by atoms with Gasteiger partial charge in [0.1, 0.15) is 11.9 Å². The molecule has 1 saturated carbocycles. The molecule has 4 aromatic rings. The van der Waals surface area contributed by atoms with Gasteiger partial charge >= 0.3 is 0 Å². The molecule has 1 atom stereocenters. The largest absolute Gasteiger partial charge is 0.493 e. The van der Waals surface area contributed by atoms with Crippen LogP contribution >= 0.6 is 0 Å². The van der Waals surface area contributed by atoms with Gasteiger partial charge in [0.25, 0.3) is 5.56 Å². The fraction of sp³-hybridized carbons (Fsp3) is 0.400. The van der Waals surface area contributed by atoms with Crippen LogP contribution in [0, 0.1) is 5.82 Å². The Balaban J connectivity index is 1.44. The van der Waals surface area contributed by atoms with E-state index >= 15 is 0 Å².